The zero-order chi connectivity index (χ0) is 25.8. The molecule has 0 radical (unpaired) electrons. The number of carbonyl (C=O) groups is 1. The summed E-state index contributed by atoms with van der Waals surface area (Å²) in [5.41, 5.74) is 1.14. The fourth-order valence-corrected chi connectivity index (χ4v) is 4.21. The number of quaternary nitrogens is 1. The largest absolute Gasteiger partial charge is 1.00 e. The second-order valence-corrected chi connectivity index (χ2v) is 11.0. The van der Waals surface area contributed by atoms with E-state index in [1.807, 2.05) is 34.0 Å². The quantitative estimate of drug-likeness (QED) is 0.284. The molecule has 198 valence electrons. The maximum absolute atomic E-state index is 13.0. The molecule has 0 aliphatic heterocycles. The van der Waals surface area contributed by atoms with E-state index in [2.05, 4.69) is 15.6 Å². The molecular weight excluding hydrogens is 555 g/mol. The number of nitrogens with two attached hydrogens (primary N) is 1. The highest BCUT2D eigenvalue weighted by atomic mass is 79.9. The Morgan fingerprint density at radius 2 is 1.81 bits per heavy atom. The molecule has 0 saturated carbocycles. The van der Waals surface area contributed by atoms with Crippen LogP contribution in [0.1, 0.15) is 31.4 Å². The predicted octanol–water partition coefficient (Wildman–Crippen LogP) is -0.751. The van der Waals surface area contributed by atoms with Crippen LogP contribution in [0.5, 0.6) is 0 Å². The third kappa shape index (κ3) is 7.69. The minimum absolute atomic E-state index is 0. The Balaban J connectivity index is 0.00000456. The van der Waals surface area contributed by atoms with E-state index in [0.29, 0.717) is 34.6 Å². The van der Waals surface area contributed by atoms with Gasteiger partial charge in [0.1, 0.15) is 37.3 Å². The lowest BCUT2D eigenvalue weighted by Gasteiger charge is -2.27. The van der Waals surface area contributed by atoms with Crippen molar-refractivity contribution in [1.29, 1.82) is 0 Å². The summed E-state index contributed by atoms with van der Waals surface area (Å²) in [6.07, 6.45) is 1.64. The SMILES string of the molecule is CC(C)[C@@H](C(=O)NCc1ccc(C[N+](C)(C)CCF)o1)n1cc(-c2ccc(S(N)(=O)=O)cc2)nn1.[Br-]. The van der Waals surface area contributed by atoms with Gasteiger partial charge in [-0.25, -0.2) is 22.6 Å². The molecule has 3 N–H and O–H groups in total. The van der Waals surface area contributed by atoms with Gasteiger partial charge in [0, 0.05) is 5.56 Å². The standard InChI is InChI=1S/C23H31FN6O4S.BrH/c1-16(2)22(23(31)26-13-18-7-8-19(34-18)15-30(3,4)12-11-24)29-14-21(27-28-29)17-5-9-20(10-6-17)35(25,32)33;/h5-10,14,16,22H,11-13,15H2,1-4H3,(H2-,25,26,31,32,33);1H/t22-;/m0./s1. The highest BCUT2D eigenvalue weighted by Crippen LogP contribution is 2.23. The van der Waals surface area contributed by atoms with Crippen LogP contribution in [0.25, 0.3) is 11.3 Å². The van der Waals surface area contributed by atoms with Crippen LogP contribution in [-0.2, 0) is 27.9 Å². The van der Waals surface area contributed by atoms with Crippen LogP contribution in [0.3, 0.4) is 0 Å². The molecule has 1 atom stereocenters. The van der Waals surface area contributed by atoms with Gasteiger partial charge in [0.05, 0.1) is 31.7 Å². The van der Waals surface area contributed by atoms with Crippen molar-refractivity contribution in [3.63, 3.8) is 0 Å². The predicted molar refractivity (Wildman–Crippen MR) is 128 cm³/mol. The van der Waals surface area contributed by atoms with E-state index in [-0.39, 0.29) is 40.2 Å². The fraction of sp³-hybridized carbons (Fsp3) is 0.435. The molecule has 0 unspecified atom stereocenters. The fourth-order valence-electron chi connectivity index (χ4n) is 3.70. The summed E-state index contributed by atoms with van der Waals surface area (Å²) in [6.45, 7) is 4.55. The van der Waals surface area contributed by atoms with Crippen molar-refractivity contribution in [3.8, 4) is 11.3 Å². The number of nitrogens with zero attached hydrogens (tertiary/aromatic N) is 4. The van der Waals surface area contributed by atoms with Crippen LogP contribution in [0.4, 0.5) is 4.39 Å². The van der Waals surface area contributed by atoms with Gasteiger partial charge in [-0.2, -0.15) is 0 Å². The lowest BCUT2D eigenvalue weighted by Crippen LogP contribution is -3.00. The number of amides is 1. The molecule has 13 heteroatoms. The Kier molecular flexibility index (Phi) is 9.94. The smallest absolute Gasteiger partial charge is 0.245 e. The molecule has 0 saturated heterocycles. The van der Waals surface area contributed by atoms with Crippen molar-refractivity contribution in [3.05, 3.63) is 54.1 Å². The number of benzene rings is 1. The first-order valence-electron chi connectivity index (χ1n) is 11.2. The Labute approximate surface area is 221 Å². The molecule has 0 aliphatic carbocycles. The number of hydrogen-bond acceptors (Lipinski definition) is 6. The van der Waals surface area contributed by atoms with E-state index in [1.54, 1.807) is 24.4 Å². The van der Waals surface area contributed by atoms with Gasteiger partial charge in [-0.1, -0.05) is 31.2 Å². The second-order valence-electron chi connectivity index (χ2n) is 9.43. The number of carbonyl (C=O) groups excluding carboxylic acids is 1. The first kappa shape index (κ1) is 29.6. The molecule has 0 aliphatic rings. The molecule has 2 heterocycles. The van der Waals surface area contributed by atoms with Crippen LogP contribution in [0.2, 0.25) is 0 Å². The van der Waals surface area contributed by atoms with Gasteiger partial charge < -0.3 is 31.2 Å². The minimum atomic E-state index is -3.79. The van der Waals surface area contributed by atoms with Crippen molar-refractivity contribution < 1.29 is 43.5 Å². The summed E-state index contributed by atoms with van der Waals surface area (Å²) in [5.74, 6) is 1.00. The first-order chi connectivity index (χ1) is 16.4. The third-order valence-corrected chi connectivity index (χ3v) is 6.53. The average molecular weight is 588 g/mol. The molecular formula is C23H32BrFN6O4S. The number of aromatic nitrogens is 3. The zero-order valence-corrected chi connectivity index (χ0v) is 23.1. The van der Waals surface area contributed by atoms with E-state index < -0.39 is 22.7 Å². The molecule has 1 aromatic carbocycles. The van der Waals surface area contributed by atoms with Gasteiger partial charge >= 0.3 is 0 Å². The van der Waals surface area contributed by atoms with Crippen LogP contribution in [-0.4, -0.2) is 61.1 Å². The summed E-state index contributed by atoms with van der Waals surface area (Å²) in [4.78, 5) is 13.0. The maximum Gasteiger partial charge on any atom is 0.245 e. The number of rotatable bonds is 11. The number of furan rings is 1. The lowest BCUT2D eigenvalue weighted by molar-refractivity contribution is -0.904. The van der Waals surface area contributed by atoms with E-state index in [0.717, 1.165) is 5.76 Å². The van der Waals surface area contributed by atoms with Gasteiger partial charge in [-0.3, -0.25) is 4.79 Å². The number of halogens is 2. The molecule has 10 nitrogen and oxygen atoms in total. The normalized spacial score (nSPS) is 12.9. The Morgan fingerprint density at radius 3 is 2.39 bits per heavy atom. The van der Waals surface area contributed by atoms with Crippen LogP contribution < -0.4 is 27.4 Å². The monoisotopic (exact) mass is 586 g/mol. The number of sulfonamides is 1. The number of hydrogen-bond donors (Lipinski definition) is 2. The van der Waals surface area contributed by atoms with E-state index >= 15 is 0 Å². The number of primary sulfonamides is 1. The molecule has 0 spiro atoms. The van der Waals surface area contributed by atoms with E-state index in [9.17, 15) is 17.6 Å². The highest BCUT2D eigenvalue weighted by molar-refractivity contribution is 7.89. The molecule has 0 bridgehead atoms. The van der Waals surface area contributed by atoms with Gasteiger partial charge in [-0.15, -0.1) is 5.10 Å². The summed E-state index contributed by atoms with van der Waals surface area (Å²) >= 11 is 0. The molecule has 3 aromatic rings. The third-order valence-electron chi connectivity index (χ3n) is 5.60. The minimum Gasteiger partial charge on any atom is -1.00 e. The molecule has 1 amide bonds. The summed E-state index contributed by atoms with van der Waals surface area (Å²) in [6, 6.07) is 8.98. The van der Waals surface area contributed by atoms with Crippen molar-refractivity contribution in [1.82, 2.24) is 20.3 Å². The summed E-state index contributed by atoms with van der Waals surface area (Å²) < 4.78 is 43.4. The van der Waals surface area contributed by atoms with Gasteiger partial charge in [0.15, 0.2) is 5.76 Å². The van der Waals surface area contributed by atoms with Crippen LogP contribution in [0, 0.1) is 5.92 Å². The Morgan fingerprint density at radius 1 is 1.17 bits per heavy atom. The van der Waals surface area contributed by atoms with Crippen molar-refractivity contribution in [2.75, 3.05) is 27.3 Å². The van der Waals surface area contributed by atoms with E-state index in [4.69, 9.17) is 9.56 Å². The second kappa shape index (κ2) is 12.1. The van der Waals surface area contributed by atoms with Crippen LogP contribution in [0.15, 0.2) is 51.9 Å². The van der Waals surface area contributed by atoms with Gasteiger partial charge in [-0.05, 0) is 30.2 Å². The Hall–Kier alpha value is -2.61. The molecule has 0 fully saturated rings. The number of alkyl halides is 1. The topological polar surface area (TPSA) is 133 Å². The highest BCUT2D eigenvalue weighted by Gasteiger charge is 2.26. The molecule has 2 aromatic heterocycles. The average Bonchev–Trinajstić information content (AvgIpc) is 3.41. The van der Waals surface area contributed by atoms with Gasteiger partial charge in [0.2, 0.25) is 15.9 Å². The summed E-state index contributed by atoms with van der Waals surface area (Å²) in [7, 11) is 0.0664. The van der Waals surface area contributed by atoms with E-state index in [1.165, 1.54) is 16.8 Å². The van der Waals surface area contributed by atoms with Crippen LogP contribution >= 0.6 is 0 Å². The number of nitrogens with one attached hydrogen (secondary N) is 1. The first-order valence-corrected chi connectivity index (χ1v) is 12.7. The Bertz CT molecular complexity index is 1260. The maximum atomic E-state index is 13.0. The van der Waals surface area contributed by atoms with Crippen molar-refractivity contribution in [2.45, 2.75) is 37.9 Å². The molecule has 36 heavy (non-hydrogen) atoms. The van der Waals surface area contributed by atoms with Gasteiger partial charge in [0.25, 0.3) is 0 Å². The molecule has 3 rings (SSSR count). The zero-order valence-electron chi connectivity index (χ0n) is 20.7. The summed E-state index contributed by atoms with van der Waals surface area (Å²) in [5, 5.41) is 16.3. The van der Waals surface area contributed by atoms with Crippen molar-refractivity contribution >= 4 is 15.9 Å². The lowest BCUT2D eigenvalue weighted by atomic mass is 10.0. The van der Waals surface area contributed by atoms with Crippen molar-refractivity contribution in [2.24, 2.45) is 11.1 Å².